The third-order valence-electron chi connectivity index (χ3n) is 6.13. The highest BCUT2D eigenvalue weighted by atomic mass is 32.2. The summed E-state index contributed by atoms with van der Waals surface area (Å²) in [6.07, 6.45) is 3.25. The van der Waals surface area contributed by atoms with Crippen molar-refractivity contribution in [2.75, 3.05) is 32.7 Å². The third kappa shape index (κ3) is 7.38. The van der Waals surface area contributed by atoms with Crippen molar-refractivity contribution in [3.8, 4) is 0 Å². The van der Waals surface area contributed by atoms with Gasteiger partial charge < -0.3 is 10.2 Å². The van der Waals surface area contributed by atoms with E-state index in [2.05, 4.69) is 17.1 Å². The fraction of sp³-hybridized carbons (Fsp3) is 0.440. The molecule has 1 fully saturated rings. The molecule has 3 rings (SSSR count). The topological polar surface area (TPSA) is 113 Å². The largest absolute Gasteiger partial charge is 0.355 e. The lowest BCUT2D eigenvalue weighted by molar-refractivity contribution is -0.123. The van der Waals surface area contributed by atoms with E-state index in [1.54, 1.807) is 12.1 Å². The standard InChI is InChI=1S/C25H34N4O4S/c1-2-16-29(22-13-17-28(18-14-22)25(31)21-6-4-3-5-7-21)19-24(30)27-15-12-20-8-10-23(11-9-20)34(26,32)33/h3-11,22H,2,12-19H2,1H3,(H,27,30)(H2,26,32,33). The molecule has 0 unspecified atom stereocenters. The van der Waals surface area contributed by atoms with Gasteiger partial charge in [-0.2, -0.15) is 0 Å². The Labute approximate surface area is 202 Å². The van der Waals surface area contributed by atoms with E-state index in [4.69, 9.17) is 5.14 Å². The normalized spacial score (nSPS) is 14.9. The number of nitrogens with one attached hydrogen (secondary N) is 1. The Kier molecular flexibility index (Phi) is 9.20. The zero-order chi connectivity index (χ0) is 24.6. The van der Waals surface area contributed by atoms with Crippen molar-refractivity contribution in [1.82, 2.24) is 15.1 Å². The third-order valence-corrected chi connectivity index (χ3v) is 7.06. The summed E-state index contributed by atoms with van der Waals surface area (Å²) in [6.45, 7) is 5.11. The number of likely N-dealkylation sites (tertiary alicyclic amines) is 1. The van der Waals surface area contributed by atoms with Crippen LogP contribution >= 0.6 is 0 Å². The summed E-state index contributed by atoms with van der Waals surface area (Å²) in [6, 6.07) is 16.0. The van der Waals surface area contributed by atoms with Crippen LogP contribution in [-0.4, -0.2) is 68.8 Å². The van der Waals surface area contributed by atoms with Gasteiger partial charge >= 0.3 is 0 Å². The van der Waals surface area contributed by atoms with Gasteiger partial charge in [-0.05, 0) is 62.1 Å². The molecular formula is C25H34N4O4S. The average Bonchev–Trinajstić information content (AvgIpc) is 2.84. The smallest absolute Gasteiger partial charge is 0.253 e. The molecule has 0 atom stereocenters. The maximum absolute atomic E-state index is 12.7. The van der Waals surface area contributed by atoms with Gasteiger partial charge in [-0.1, -0.05) is 37.3 Å². The summed E-state index contributed by atoms with van der Waals surface area (Å²) in [5.41, 5.74) is 1.64. The average molecular weight is 487 g/mol. The van der Waals surface area contributed by atoms with Crippen LogP contribution in [0.3, 0.4) is 0 Å². The number of benzene rings is 2. The number of amides is 2. The van der Waals surface area contributed by atoms with Crippen molar-refractivity contribution in [2.45, 2.75) is 43.5 Å². The first-order valence-electron chi connectivity index (χ1n) is 11.7. The highest BCUT2D eigenvalue weighted by molar-refractivity contribution is 7.89. The number of carbonyl (C=O) groups is 2. The van der Waals surface area contributed by atoms with Crippen LogP contribution in [-0.2, 0) is 21.2 Å². The van der Waals surface area contributed by atoms with E-state index in [0.29, 0.717) is 38.2 Å². The van der Waals surface area contributed by atoms with Crippen LogP contribution in [0.5, 0.6) is 0 Å². The number of hydrogen-bond acceptors (Lipinski definition) is 5. The van der Waals surface area contributed by atoms with Crippen LogP contribution in [0.2, 0.25) is 0 Å². The molecule has 2 amide bonds. The number of sulfonamides is 1. The van der Waals surface area contributed by atoms with Crippen molar-refractivity contribution in [3.05, 3.63) is 65.7 Å². The van der Waals surface area contributed by atoms with E-state index >= 15 is 0 Å². The van der Waals surface area contributed by atoms with E-state index in [0.717, 1.165) is 31.4 Å². The molecule has 34 heavy (non-hydrogen) atoms. The Bertz CT molecular complexity index is 1050. The number of carbonyl (C=O) groups excluding carboxylic acids is 2. The molecule has 3 N–H and O–H groups in total. The highest BCUT2D eigenvalue weighted by Gasteiger charge is 2.28. The SMILES string of the molecule is CCCN(CC(=O)NCCc1ccc(S(N)(=O)=O)cc1)C1CCN(C(=O)c2ccccc2)CC1. The van der Waals surface area contributed by atoms with E-state index in [-0.39, 0.29) is 22.8 Å². The zero-order valence-electron chi connectivity index (χ0n) is 19.7. The Morgan fingerprint density at radius 3 is 2.29 bits per heavy atom. The van der Waals surface area contributed by atoms with Gasteiger partial charge in [0.15, 0.2) is 0 Å². The summed E-state index contributed by atoms with van der Waals surface area (Å²) in [4.78, 5) is 29.5. The Hall–Kier alpha value is -2.75. The lowest BCUT2D eigenvalue weighted by Gasteiger charge is -2.38. The van der Waals surface area contributed by atoms with Gasteiger partial charge in [0.2, 0.25) is 15.9 Å². The van der Waals surface area contributed by atoms with Crippen LogP contribution in [0.25, 0.3) is 0 Å². The number of primary sulfonamides is 1. The molecule has 1 aliphatic heterocycles. The molecule has 2 aromatic rings. The summed E-state index contributed by atoms with van der Waals surface area (Å²) < 4.78 is 22.7. The molecule has 184 valence electrons. The van der Waals surface area contributed by atoms with E-state index in [9.17, 15) is 18.0 Å². The van der Waals surface area contributed by atoms with Crippen molar-refractivity contribution in [1.29, 1.82) is 0 Å². The lowest BCUT2D eigenvalue weighted by atomic mass is 10.0. The first-order chi connectivity index (χ1) is 16.3. The molecule has 8 nitrogen and oxygen atoms in total. The summed E-state index contributed by atoms with van der Waals surface area (Å²) in [5.74, 6) is 0.0355. The molecule has 9 heteroatoms. The van der Waals surface area contributed by atoms with Gasteiger partial charge in [-0.3, -0.25) is 14.5 Å². The van der Waals surface area contributed by atoms with Crippen LogP contribution < -0.4 is 10.5 Å². The van der Waals surface area contributed by atoms with Gasteiger partial charge in [0.1, 0.15) is 0 Å². The summed E-state index contributed by atoms with van der Waals surface area (Å²) in [7, 11) is -3.70. The first-order valence-corrected chi connectivity index (χ1v) is 13.3. The second-order valence-corrected chi connectivity index (χ2v) is 10.2. The molecular weight excluding hydrogens is 452 g/mol. The molecule has 1 saturated heterocycles. The van der Waals surface area contributed by atoms with Crippen LogP contribution in [0.1, 0.15) is 42.1 Å². The van der Waals surface area contributed by atoms with Gasteiger partial charge in [0.05, 0.1) is 11.4 Å². The summed E-state index contributed by atoms with van der Waals surface area (Å²) >= 11 is 0. The second-order valence-electron chi connectivity index (χ2n) is 8.65. The number of rotatable bonds is 10. The highest BCUT2D eigenvalue weighted by Crippen LogP contribution is 2.19. The fourth-order valence-corrected chi connectivity index (χ4v) is 4.82. The maximum Gasteiger partial charge on any atom is 0.253 e. The Balaban J connectivity index is 1.45. The van der Waals surface area contributed by atoms with Gasteiger partial charge in [-0.25, -0.2) is 13.6 Å². The fourth-order valence-electron chi connectivity index (χ4n) is 4.31. The molecule has 2 aromatic carbocycles. The minimum atomic E-state index is -3.70. The van der Waals surface area contributed by atoms with E-state index in [1.807, 2.05) is 35.2 Å². The minimum absolute atomic E-state index is 0.0302. The van der Waals surface area contributed by atoms with E-state index in [1.165, 1.54) is 12.1 Å². The zero-order valence-corrected chi connectivity index (χ0v) is 20.5. The van der Waals surface area contributed by atoms with E-state index < -0.39 is 10.0 Å². The van der Waals surface area contributed by atoms with Crippen molar-refractivity contribution < 1.29 is 18.0 Å². The maximum atomic E-state index is 12.7. The van der Waals surface area contributed by atoms with Crippen LogP contribution in [0, 0.1) is 0 Å². The quantitative estimate of drug-likeness (QED) is 0.533. The predicted octanol–water partition coefficient (Wildman–Crippen LogP) is 2.01. The van der Waals surface area contributed by atoms with Crippen LogP contribution in [0.15, 0.2) is 59.5 Å². The number of nitrogens with zero attached hydrogens (tertiary/aromatic N) is 2. The predicted molar refractivity (Wildman–Crippen MR) is 132 cm³/mol. The Morgan fingerprint density at radius 2 is 1.71 bits per heavy atom. The molecule has 0 radical (unpaired) electrons. The number of piperidine rings is 1. The molecule has 0 saturated carbocycles. The monoisotopic (exact) mass is 486 g/mol. The molecule has 0 aliphatic carbocycles. The molecule has 0 aromatic heterocycles. The Morgan fingerprint density at radius 1 is 1.06 bits per heavy atom. The van der Waals surface area contributed by atoms with Gasteiger partial charge in [0, 0.05) is 31.2 Å². The lowest BCUT2D eigenvalue weighted by Crippen LogP contribution is -2.49. The first kappa shape index (κ1) is 25.9. The molecule has 0 bridgehead atoms. The van der Waals surface area contributed by atoms with Crippen LogP contribution in [0.4, 0.5) is 0 Å². The van der Waals surface area contributed by atoms with Crippen molar-refractivity contribution in [2.24, 2.45) is 5.14 Å². The molecule has 1 aliphatic rings. The second kappa shape index (κ2) is 12.1. The minimum Gasteiger partial charge on any atom is -0.355 e. The molecule has 1 heterocycles. The van der Waals surface area contributed by atoms with Gasteiger partial charge in [0.25, 0.3) is 5.91 Å². The van der Waals surface area contributed by atoms with Gasteiger partial charge in [-0.15, -0.1) is 0 Å². The van der Waals surface area contributed by atoms with Crippen molar-refractivity contribution >= 4 is 21.8 Å². The summed E-state index contributed by atoms with van der Waals surface area (Å²) in [5, 5.41) is 8.08. The number of hydrogen-bond donors (Lipinski definition) is 2. The van der Waals surface area contributed by atoms with Crippen molar-refractivity contribution in [3.63, 3.8) is 0 Å². The molecule has 0 spiro atoms. The number of nitrogens with two attached hydrogens (primary N) is 1.